The summed E-state index contributed by atoms with van der Waals surface area (Å²) in [6.45, 7) is -0.430. The quantitative estimate of drug-likeness (QED) is 0.679. The number of carboxylic acids is 1. The molecule has 1 fully saturated rings. The zero-order valence-corrected chi connectivity index (χ0v) is 7.50. The van der Waals surface area contributed by atoms with Crippen LogP contribution in [0.1, 0.15) is 19.3 Å². The highest BCUT2D eigenvalue weighted by molar-refractivity contribution is 5.93. The monoisotopic (exact) mass is 207 g/mol. The Morgan fingerprint density at radius 3 is 2.57 bits per heavy atom. The van der Waals surface area contributed by atoms with E-state index in [1.54, 1.807) is 0 Å². The number of hydrogen-bond donors (Lipinski definition) is 1. The zero-order chi connectivity index (χ0) is 10.8. The molecule has 0 atom stereocenters. The lowest BCUT2D eigenvalue weighted by Crippen LogP contribution is -2.46. The van der Waals surface area contributed by atoms with Crippen molar-refractivity contribution in [2.75, 3.05) is 13.1 Å². The third-order valence-electron chi connectivity index (χ3n) is 2.05. The van der Waals surface area contributed by atoms with Crippen molar-refractivity contribution in [2.45, 2.75) is 25.2 Å². The van der Waals surface area contributed by atoms with Crippen LogP contribution in [-0.2, 0) is 9.59 Å². The highest BCUT2D eigenvalue weighted by atomic mass is 19.3. The second kappa shape index (κ2) is 3.89. The normalized spacial score (nSPS) is 20.6. The number of aliphatic carboxylic acids is 1. The molecule has 1 aliphatic heterocycles. The fourth-order valence-electron chi connectivity index (χ4n) is 1.42. The SMILES string of the molecule is O=C(O)CC(=O)N1CCCC(F)(F)C1. The Morgan fingerprint density at radius 1 is 1.43 bits per heavy atom. The van der Waals surface area contributed by atoms with Crippen molar-refractivity contribution in [1.29, 1.82) is 0 Å². The van der Waals surface area contributed by atoms with Gasteiger partial charge in [-0.3, -0.25) is 9.59 Å². The molecular formula is C8H11F2NO3. The Bertz CT molecular complexity index is 255. The van der Waals surface area contributed by atoms with Gasteiger partial charge in [-0.05, 0) is 6.42 Å². The van der Waals surface area contributed by atoms with Crippen LogP contribution in [0.15, 0.2) is 0 Å². The summed E-state index contributed by atoms with van der Waals surface area (Å²) in [5, 5.41) is 8.31. The molecule has 1 N–H and O–H groups in total. The fourth-order valence-corrected chi connectivity index (χ4v) is 1.42. The molecule has 14 heavy (non-hydrogen) atoms. The molecule has 1 amide bonds. The van der Waals surface area contributed by atoms with Gasteiger partial charge in [-0.2, -0.15) is 0 Å². The number of amides is 1. The van der Waals surface area contributed by atoms with Gasteiger partial charge < -0.3 is 10.0 Å². The fraction of sp³-hybridized carbons (Fsp3) is 0.750. The maximum Gasteiger partial charge on any atom is 0.312 e. The topological polar surface area (TPSA) is 57.6 Å². The first-order valence-electron chi connectivity index (χ1n) is 4.28. The molecule has 0 aromatic carbocycles. The summed E-state index contributed by atoms with van der Waals surface area (Å²) >= 11 is 0. The first-order chi connectivity index (χ1) is 6.41. The highest BCUT2D eigenvalue weighted by Crippen LogP contribution is 2.26. The molecule has 0 unspecified atom stereocenters. The molecule has 1 aliphatic rings. The Kier molecular flexibility index (Phi) is 3.03. The van der Waals surface area contributed by atoms with Gasteiger partial charge >= 0.3 is 5.97 Å². The van der Waals surface area contributed by atoms with Crippen molar-refractivity contribution in [2.24, 2.45) is 0 Å². The maximum atomic E-state index is 12.8. The Morgan fingerprint density at radius 2 is 2.07 bits per heavy atom. The number of hydrogen-bond acceptors (Lipinski definition) is 2. The van der Waals surface area contributed by atoms with Crippen molar-refractivity contribution in [3.05, 3.63) is 0 Å². The third kappa shape index (κ3) is 2.93. The number of halogens is 2. The smallest absolute Gasteiger partial charge is 0.312 e. The van der Waals surface area contributed by atoms with E-state index in [-0.39, 0.29) is 19.4 Å². The van der Waals surface area contributed by atoms with Crippen LogP contribution in [0.4, 0.5) is 8.78 Å². The first-order valence-corrected chi connectivity index (χ1v) is 4.28. The van der Waals surface area contributed by atoms with Crippen LogP contribution in [0.5, 0.6) is 0 Å². The average molecular weight is 207 g/mol. The number of rotatable bonds is 2. The van der Waals surface area contributed by atoms with E-state index in [0.717, 1.165) is 4.90 Å². The summed E-state index contributed by atoms with van der Waals surface area (Å²) in [6.07, 6.45) is -0.724. The summed E-state index contributed by atoms with van der Waals surface area (Å²) in [5.74, 6) is -4.90. The molecule has 4 nitrogen and oxygen atoms in total. The maximum absolute atomic E-state index is 12.8. The number of alkyl halides is 2. The lowest BCUT2D eigenvalue weighted by Gasteiger charge is -2.32. The van der Waals surface area contributed by atoms with E-state index in [1.165, 1.54) is 0 Å². The zero-order valence-electron chi connectivity index (χ0n) is 7.50. The third-order valence-corrected chi connectivity index (χ3v) is 2.05. The van der Waals surface area contributed by atoms with E-state index in [0.29, 0.717) is 0 Å². The number of carbonyl (C=O) groups is 2. The number of nitrogens with zero attached hydrogens (tertiary/aromatic N) is 1. The van der Waals surface area contributed by atoms with E-state index in [4.69, 9.17) is 5.11 Å². The Labute approximate surface area is 79.5 Å². The predicted octanol–water partition coefficient (Wildman–Crippen LogP) is 0.719. The molecule has 0 saturated carbocycles. The molecule has 1 heterocycles. The highest BCUT2D eigenvalue weighted by Gasteiger charge is 2.37. The van der Waals surface area contributed by atoms with Gasteiger partial charge in [0.15, 0.2) is 0 Å². The molecule has 6 heteroatoms. The van der Waals surface area contributed by atoms with Gasteiger partial charge in [0.2, 0.25) is 5.91 Å². The van der Waals surface area contributed by atoms with Gasteiger partial charge in [0.05, 0.1) is 6.54 Å². The molecular weight excluding hydrogens is 196 g/mol. The van der Waals surface area contributed by atoms with Gasteiger partial charge in [-0.25, -0.2) is 8.78 Å². The summed E-state index contributed by atoms with van der Waals surface area (Å²) in [7, 11) is 0. The molecule has 0 bridgehead atoms. The van der Waals surface area contributed by atoms with Crippen LogP contribution in [0.25, 0.3) is 0 Å². The lowest BCUT2D eigenvalue weighted by atomic mass is 10.1. The van der Waals surface area contributed by atoms with Crippen LogP contribution >= 0.6 is 0 Å². The van der Waals surface area contributed by atoms with E-state index in [9.17, 15) is 18.4 Å². The summed E-state index contributed by atoms with van der Waals surface area (Å²) in [6, 6.07) is 0. The lowest BCUT2D eigenvalue weighted by molar-refractivity contribution is -0.149. The largest absolute Gasteiger partial charge is 0.481 e. The molecule has 0 aromatic rings. The first kappa shape index (κ1) is 10.9. The van der Waals surface area contributed by atoms with Crippen molar-refractivity contribution in [3.63, 3.8) is 0 Å². The van der Waals surface area contributed by atoms with Crippen molar-refractivity contribution in [3.8, 4) is 0 Å². The minimum atomic E-state index is -2.87. The van der Waals surface area contributed by atoms with Crippen LogP contribution < -0.4 is 0 Å². The van der Waals surface area contributed by atoms with Gasteiger partial charge in [-0.15, -0.1) is 0 Å². The van der Waals surface area contributed by atoms with Gasteiger partial charge in [-0.1, -0.05) is 0 Å². The Balaban J connectivity index is 2.52. The van der Waals surface area contributed by atoms with E-state index in [2.05, 4.69) is 0 Å². The van der Waals surface area contributed by atoms with Crippen molar-refractivity contribution >= 4 is 11.9 Å². The van der Waals surface area contributed by atoms with E-state index < -0.39 is 30.8 Å². The molecule has 0 spiro atoms. The van der Waals surface area contributed by atoms with Crippen molar-refractivity contribution < 1.29 is 23.5 Å². The standard InChI is InChI=1S/C8H11F2NO3/c9-8(10)2-1-3-11(5-8)6(12)4-7(13)14/h1-5H2,(H,13,14). The number of piperidine rings is 1. The van der Waals surface area contributed by atoms with Crippen LogP contribution in [-0.4, -0.2) is 40.9 Å². The van der Waals surface area contributed by atoms with Gasteiger partial charge in [0.25, 0.3) is 5.92 Å². The number of carboxylic acid groups (broad SMARTS) is 1. The molecule has 1 saturated heterocycles. The molecule has 0 aliphatic carbocycles. The van der Waals surface area contributed by atoms with Crippen LogP contribution in [0.3, 0.4) is 0 Å². The minimum absolute atomic E-state index is 0.221. The predicted molar refractivity (Wildman–Crippen MR) is 43.0 cm³/mol. The van der Waals surface area contributed by atoms with E-state index >= 15 is 0 Å². The minimum Gasteiger partial charge on any atom is -0.481 e. The van der Waals surface area contributed by atoms with Crippen LogP contribution in [0, 0.1) is 0 Å². The summed E-state index contributed by atoms with van der Waals surface area (Å²) in [4.78, 5) is 22.2. The Hall–Kier alpha value is -1.20. The second-order valence-corrected chi connectivity index (χ2v) is 3.35. The number of likely N-dealkylation sites (tertiary alicyclic amines) is 1. The molecule has 0 radical (unpaired) electrons. The molecule has 80 valence electrons. The summed E-state index contributed by atoms with van der Waals surface area (Å²) in [5.41, 5.74) is 0. The molecule has 0 aromatic heterocycles. The average Bonchev–Trinajstić information content (AvgIpc) is 2.01. The van der Waals surface area contributed by atoms with Gasteiger partial charge in [0, 0.05) is 13.0 Å². The molecule has 1 rings (SSSR count). The number of carbonyl (C=O) groups excluding carboxylic acids is 1. The van der Waals surface area contributed by atoms with Gasteiger partial charge in [0.1, 0.15) is 6.42 Å². The second-order valence-electron chi connectivity index (χ2n) is 3.35. The van der Waals surface area contributed by atoms with Crippen LogP contribution in [0.2, 0.25) is 0 Å². The van der Waals surface area contributed by atoms with Crippen molar-refractivity contribution in [1.82, 2.24) is 4.90 Å². The summed E-state index contributed by atoms with van der Waals surface area (Å²) < 4.78 is 25.6. The van der Waals surface area contributed by atoms with E-state index in [1.807, 2.05) is 0 Å².